The van der Waals surface area contributed by atoms with E-state index in [0.29, 0.717) is 25.4 Å². The van der Waals surface area contributed by atoms with E-state index in [1.54, 1.807) is 0 Å². The number of hydrogen-bond acceptors (Lipinski definition) is 5. The van der Waals surface area contributed by atoms with Crippen molar-refractivity contribution in [3.8, 4) is 0 Å². The van der Waals surface area contributed by atoms with Gasteiger partial charge in [-0.25, -0.2) is 0 Å². The van der Waals surface area contributed by atoms with Crippen molar-refractivity contribution < 1.29 is 24.1 Å². The second kappa shape index (κ2) is 6.60. The lowest BCUT2D eigenvalue weighted by Crippen LogP contribution is -2.49. The average molecular weight is 304 g/mol. The fourth-order valence-corrected chi connectivity index (χ4v) is 2.89. The molecule has 0 aliphatic carbocycles. The summed E-state index contributed by atoms with van der Waals surface area (Å²) in [6, 6.07) is 9.72. The van der Waals surface area contributed by atoms with E-state index < -0.39 is 12.4 Å². The maximum atomic E-state index is 11.1. The smallest absolute Gasteiger partial charge is 0.187 e. The van der Waals surface area contributed by atoms with Crippen molar-refractivity contribution in [3.63, 3.8) is 0 Å². The van der Waals surface area contributed by atoms with Gasteiger partial charge < -0.3 is 19.3 Å². The van der Waals surface area contributed by atoms with Crippen LogP contribution in [0.4, 0.5) is 0 Å². The van der Waals surface area contributed by atoms with Crippen LogP contribution in [0.1, 0.15) is 18.9 Å². The van der Waals surface area contributed by atoms with Gasteiger partial charge in [0.05, 0.1) is 13.2 Å². The molecular weight excluding hydrogens is 284 g/mol. The number of fused-ring (bicyclic) bond motifs is 1. The maximum Gasteiger partial charge on any atom is 0.187 e. The highest BCUT2D eigenvalue weighted by Gasteiger charge is 2.46. The summed E-state index contributed by atoms with van der Waals surface area (Å²) in [5.74, 6) is 0.631. The lowest BCUT2D eigenvalue weighted by atomic mass is 9.94. The topological polar surface area (TPSA) is 65.0 Å². The number of rotatable bonds is 4. The predicted octanol–water partition coefficient (Wildman–Crippen LogP) is 1.80. The van der Waals surface area contributed by atoms with Crippen LogP contribution in [-0.2, 0) is 25.6 Å². The number of ketones is 1. The van der Waals surface area contributed by atoms with Gasteiger partial charge in [0.1, 0.15) is 18.0 Å². The molecule has 1 aromatic carbocycles. The Hall–Kier alpha value is -1.69. The summed E-state index contributed by atoms with van der Waals surface area (Å²) in [5.41, 5.74) is 1.02. The Morgan fingerprint density at radius 1 is 1.41 bits per heavy atom. The molecule has 0 radical (unpaired) electrons. The minimum absolute atomic E-state index is 0.0547. The third kappa shape index (κ3) is 3.38. The van der Waals surface area contributed by atoms with Crippen molar-refractivity contribution in [2.24, 2.45) is 5.92 Å². The largest absolute Gasteiger partial charge is 0.491 e. The standard InChI is InChI=1S/C17H20O5/c1-11(18)7-14-8-13-10-21-17(15(19)16(13)22-14)20-9-12-5-3-2-4-6-12/h2-7,13,15-17,19H,8-10H2,1H3/b14-7+/t13-,15+,16-,17-/m0/s1. The molecule has 118 valence electrons. The van der Waals surface area contributed by atoms with Crippen molar-refractivity contribution in [1.29, 1.82) is 0 Å². The lowest BCUT2D eigenvalue weighted by molar-refractivity contribution is -0.255. The van der Waals surface area contributed by atoms with Gasteiger partial charge >= 0.3 is 0 Å². The summed E-state index contributed by atoms with van der Waals surface area (Å²) in [7, 11) is 0. The Bertz CT molecular complexity index is 553. The third-order valence-electron chi connectivity index (χ3n) is 3.93. The Morgan fingerprint density at radius 2 is 2.18 bits per heavy atom. The van der Waals surface area contributed by atoms with Crippen LogP contribution in [0.5, 0.6) is 0 Å². The van der Waals surface area contributed by atoms with Gasteiger partial charge in [-0.15, -0.1) is 0 Å². The first-order valence-corrected chi connectivity index (χ1v) is 7.46. The number of benzene rings is 1. The Labute approximate surface area is 129 Å². The summed E-state index contributed by atoms with van der Waals surface area (Å²) in [4.78, 5) is 11.1. The van der Waals surface area contributed by atoms with Gasteiger partial charge in [-0.3, -0.25) is 4.79 Å². The van der Waals surface area contributed by atoms with E-state index in [2.05, 4.69) is 0 Å². The predicted molar refractivity (Wildman–Crippen MR) is 78.7 cm³/mol. The van der Waals surface area contributed by atoms with E-state index in [9.17, 15) is 9.90 Å². The van der Waals surface area contributed by atoms with Gasteiger partial charge in [0, 0.05) is 18.4 Å². The lowest BCUT2D eigenvalue weighted by Gasteiger charge is -2.35. The second-order valence-corrected chi connectivity index (χ2v) is 5.76. The van der Waals surface area contributed by atoms with E-state index in [1.807, 2.05) is 30.3 Å². The minimum atomic E-state index is -0.861. The highest BCUT2D eigenvalue weighted by molar-refractivity contribution is 5.87. The van der Waals surface area contributed by atoms with Crippen LogP contribution < -0.4 is 0 Å². The van der Waals surface area contributed by atoms with E-state index >= 15 is 0 Å². The fraction of sp³-hybridized carbons (Fsp3) is 0.471. The van der Waals surface area contributed by atoms with Gasteiger partial charge in [0.2, 0.25) is 0 Å². The Morgan fingerprint density at radius 3 is 2.91 bits per heavy atom. The zero-order chi connectivity index (χ0) is 15.5. The molecule has 0 unspecified atom stereocenters. The SMILES string of the molecule is CC(=O)/C=C1\C[C@H]2CO[C@H](OCc3ccccc3)[C@H](O)[C@H]2O1. The fourth-order valence-electron chi connectivity index (χ4n) is 2.89. The minimum Gasteiger partial charge on any atom is -0.491 e. The van der Waals surface area contributed by atoms with E-state index in [4.69, 9.17) is 14.2 Å². The molecule has 0 aromatic heterocycles. The number of aliphatic hydroxyl groups is 1. The van der Waals surface area contributed by atoms with Crippen LogP contribution in [-0.4, -0.2) is 36.0 Å². The van der Waals surface area contributed by atoms with E-state index in [0.717, 1.165) is 5.56 Å². The van der Waals surface area contributed by atoms with E-state index in [-0.39, 0.29) is 17.8 Å². The molecular formula is C17H20O5. The number of allylic oxidation sites excluding steroid dienone is 2. The van der Waals surface area contributed by atoms with Crippen LogP contribution in [0, 0.1) is 5.92 Å². The Kier molecular flexibility index (Phi) is 4.57. The molecule has 1 aromatic rings. The normalized spacial score (nSPS) is 32.5. The molecule has 22 heavy (non-hydrogen) atoms. The van der Waals surface area contributed by atoms with Crippen LogP contribution in [0.25, 0.3) is 0 Å². The highest BCUT2D eigenvalue weighted by Crippen LogP contribution is 2.36. The zero-order valence-corrected chi connectivity index (χ0v) is 12.5. The van der Waals surface area contributed by atoms with Crippen LogP contribution in [0.3, 0.4) is 0 Å². The van der Waals surface area contributed by atoms with E-state index in [1.165, 1.54) is 13.0 Å². The monoisotopic (exact) mass is 304 g/mol. The first-order valence-electron chi connectivity index (χ1n) is 7.46. The van der Waals surface area contributed by atoms with Gasteiger partial charge in [0.15, 0.2) is 12.1 Å². The molecule has 2 fully saturated rings. The molecule has 2 aliphatic heterocycles. The molecule has 5 heteroatoms. The maximum absolute atomic E-state index is 11.1. The summed E-state index contributed by atoms with van der Waals surface area (Å²) in [6.07, 6.45) is 0.149. The van der Waals surface area contributed by atoms with Gasteiger partial charge in [-0.2, -0.15) is 0 Å². The number of carbonyl (C=O) groups is 1. The first-order chi connectivity index (χ1) is 10.6. The van der Waals surface area contributed by atoms with Crippen molar-refractivity contribution >= 4 is 5.78 Å². The molecule has 0 saturated carbocycles. The van der Waals surface area contributed by atoms with Gasteiger partial charge in [-0.05, 0) is 12.5 Å². The quantitative estimate of drug-likeness (QED) is 0.859. The molecule has 2 aliphatic rings. The molecule has 0 bridgehead atoms. The van der Waals surface area contributed by atoms with Crippen molar-refractivity contribution in [2.75, 3.05) is 6.61 Å². The number of carbonyl (C=O) groups excluding carboxylic acids is 1. The number of ether oxygens (including phenoxy) is 3. The third-order valence-corrected chi connectivity index (χ3v) is 3.93. The summed E-state index contributed by atoms with van der Waals surface area (Å²) in [5, 5.41) is 10.4. The van der Waals surface area contributed by atoms with Crippen LogP contribution in [0.2, 0.25) is 0 Å². The molecule has 3 rings (SSSR count). The summed E-state index contributed by atoms with van der Waals surface area (Å²) < 4.78 is 17.0. The number of aliphatic hydroxyl groups excluding tert-OH is 1. The summed E-state index contributed by atoms with van der Waals surface area (Å²) >= 11 is 0. The van der Waals surface area contributed by atoms with Crippen molar-refractivity contribution in [3.05, 3.63) is 47.7 Å². The molecule has 1 N–H and O–H groups in total. The van der Waals surface area contributed by atoms with Crippen molar-refractivity contribution in [2.45, 2.75) is 38.4 Å². The second-order valence-electron chi connectivity index (χ2n) is 5.76. The molecule has 0 spiro atoms. The highest BCUT2D eigenvalue weighted by atomic mass is 16.7. The van der Waals surface area contributed by atoms with Crippen LogP contribution >= 0.6 is 0 Å². The number of hydrogen-bond donors (Lipinski definition) is 1. The molecule has 4 atom stereocenters. The summed E-state index contributed by atoms with van der Waals surface area (Å²) in [6.45, 7) is 2.31. The molecule has 2 saturated heterocycles. The molecule has 0 amide bonds. The van der Waals surface area contributed by atoms with Crippen molar-refractivity contribution in [1.82, 2.24) is 0 Å². The van der Waals surface area contributed by atoms with Gasteiger partial charge in [0.25, 0.3) is 0 Å². The van der Waals surface area contributed by atoms with Gasteiger partial charge in [-0.1, -0.05) is 30.3 Å². The van der Waals surface area contributed by atoms with Crippen LogP contribution in [0.15, 0.2) is 42.2 Å². The zero-order valence-electron chi connectivity index (χ0n) is 12.5. The Balaban J connectivity index is 1.59. The first kappa shape index (κ1) is 15.2. The molecule has 5 nitrogen and oxygen atoms in total. The molecule has 2 heterocycles. The average Bonchev–Trinajstić information content (AvgIpc) is 2.90.